The Morgan fingerprint density at radius 1 is 1.19 bits per heavy atom. The lowest BCUT2D eigenvalue weighted by atomic mass is 10.1. The number of nitrogens with one attached hydrogen (secondary N) is 1. The summed E-state index contributed by atoms with van der Waals surface area (Å²) < 4.78 is 1.11. The van der Waals surface area contributed by atoms with Crippen LogP contribution in [0.1, 0.15) is 18.1 Å². The lowest BCUT2D eigenvalue weighted by Gasteiger charge is -2.36. The van der Waals surface area contributed by atoms with E-state index >= 15 is 0 Å². The Kier molecular flexibility index (Phi) is 8.75. The van der Waals surface area contributed by atoms with Gasteiger partial charge in [-0.25, -0.2) is 15.0 Å². The van der Waals surface area contributed by atoms with E-state index in [1.165, 1.54) is 11.1 Å². The number of aliphatic imine (C=N–C) groups is 1. The van der Waals surface area contributed by atoms with E-state index in [2.05, 4.69) is 73.1 Å². The molecule has 0 spiro atoms. The van der Waals surface area contributed by atoms with Crippen LogP contribution >= 0.6 is 39.9 Å². The zero-order valence-corrected chi connectivity index (χ0v) is 19.6. The first kappa shape index (κ1) is 21.9. The van der Waals surface area contributed by atoms with Crippen molar-refractivity contribution < 1.29 is 0 Å². The molecule has 1 fully saturated rings. The van der Waals surface area contributed by atoms with Crippen molar-refractivity contribution in [3.8, 4) is 0 Å². The minimum Gasteiger partial charge on any atom is -0.357 e. The molecule has 1 aromatic carbocycles. The molecule has 0 atom stereocenters. The van der Waals surface area contributed by atoms with Crippen molar-refractivity contribution in [2.75, 3.05) is 37.6 Å². The molecule has 2 aromatic rings. The van der Waals surface area contributed by atoms with Gasteiger partial charge in [-0.2, -0.15) is 0 Å². The molecule has 1 N–H and O–H groups in total. The molecule has 27 heavy (non-hydrogen) atoms. The van der Waals surface area contributed by atoms with Crippen LogP contribution in [0.4, 0.5) is 5.95 Å². The number of piperazine rings is 1. The Morgan fingerprint density at radius 3 is 2.52 bits per heavy atom. The van der Waals surface area contributed by atoms with Crippen LogP contribution in [0.5, 0.6) is 0 Å². The highest BCUT2D eigenvalue weighted by atomic mass is 127. The predicted molar refractivity (Wildman–Crippen MR) is 125 cm³/mol. The molecule has 2 heterocycles. The number of hydrogen-bond acceptors (Lipinski definition) is 4. The van der Waals surface area contributed by atoms with Gasteiger partial charge in [-0.15, -0.1) is 24.0 Å². The Bertz CT molecular complexity index is 747. The van der Waals surface area contributed by atoms with E-state index in [4.69, 9.17) is 4.99 Å². The maximum atomic E-state index is 4.86. The second-order valence-corrected chi connectivity index (χ2v) is 7.18. The number of hydrogen-bond donors (Lipinski definition) is 1. The monoisotopic (exact) mass is 544 g/mol. The first-order valence-electron chi connectivity index (χ1n) is 8.97. The first-order valence-corrected chi connectivity index (χ1v) is 9.77. The summed E-state index contributed by atoms with van der Waals surface area (Å²) in [5, 5.41) is 3.42. The fourth-order valence-corrected chi connectivity index (χ4v) is 3.47. The lowest BCUT2D eigenvalue weighted by molar-refractivity contribution is 0.370. The van der Waals surface area contributed by atoms with E-state index in [0.29, 0.717) is 6.54 Å². The van der Waals surface area contributed by atoms with Gasteiger partial charge >= 0.3 is 0 Å². The smallest absolute Gasteiger partial charge is 0.225 e. The highest BCUT2D eigenvalue weighted by Crippen LogP contribution is 2.17. The number of halogens is 2. The second kappa shape index (κ2) is 10.8. The van der Waals surface area contributed by atoms with Crippen molar-refractivity contribution in [3.05, 3.63) is 52.3 Å². The summed E-state index contributed by atoms with van der Waals surface area (Å²) in [5.74, 6) is 1.78. The summed E-state index contributed by atoms with van der Waals surface area (Å²) in [7, 11) is 0. The summed E-state index contributed by atoms with van der Waals surface area (Å²) in [6.45, 7) is 9.38. The SMILES string of the molecule is CCNC(=NCc1ccc(Br)cc1C)N1CCN(c2ncccn2)CC1.I. The van der Waals surface area contributed by atoms with Crippen LogP contribution in [0.25, 0.3) is 0 Å². The highest BCUT2D eigenvalue weighted by molar-refractivity contribution is 14.0. The summed E-state index contributed by atoms with van der Waals surface area (Å²) in [4.78, 5) is 18.1. The van der Waals surface area contributed by atoms with E-state index in [1.54, 1.807) is 12.4 Å². The third-order valence-corrected chi connectivity index (χ3v) is 4.95. The normalized spacial score (nSPS) is 14.7. The van der Waals surface area contributed by atoms with Crippen molar-refractivity contribution in [2.24, 2.45) is 4.99 Å². The van der Waals surface area contributed by atoms with Crippen LogP contribution < -0.4 is 10.2 Å². The van der Waals surface area contributed by atoms with Gasteiger partial charge in [0.05, 0.1) is 6.54 Å². The number of benzene rings is 1. The molecule has 0 amide bonds. The summed E-state index contributed by atoms with van der Waals surface area (Å²) >= 11 is 3.52. The molecule has 0 saturated carbocycles. The molecule has 146 valence electrons. The molecule has 0 unspecified atom stereocenters. The zero-order valence-electron chi connectivity index (χ0n) is 15.7. The molecular formula is C19H26BrIN6. The molecule has 1 aliphatic heterocycles. The van der Waals surface area contributed by atoms with E-state index in [-0.39, 0.29) is 24.0 Å². The maximum absolute atomic E-state index is 4.86. The van der Waals surface area contributed by atoms with Gasteiger partial charge in [-0.3, -0.25) is 0 Å². The summed E-state index contributed by atoms with van der Waals surface area (Å²) in [6.07, 6.45) is 3.58. The Hall–Kier alpha value is -1.42. The quantitative estimate of drug-likeness (QED) is 0.363. The van der Waals surface area contributed by atoms with Crippen LogP contribution in [0.2, 0.25) is 0 Å². The van der Waals surface area contributed by atoms with Gasteiger partial charge in [0.1, 0.15) is 0 Å². The van der Waals surface area contributed by atoms with E-state index in [1.807, 2.05) is 6.07 Å². The Balaban J connectivity index is 0.00000261. The lowest BCUT2D eigenvalue weighted by Crippen LogP contribution is -2.53. The van der Waals surface area contributed by atoms with Gasteiger partial charge in [0, 0.05) is 49.6 Å². The molecule has 3 rings (SSSR count). The number of aryl methyl sites for hydroxylation is 1. The van der Waals surface area contributed by atoms with Crippen molar-refractivity contribution in [1.82, 2.24) is 20.2 Å². The van der Waals surface area contributed by atoms with Gasteiger partial charge in [-0.1, -0.05) is 22.0 Å². The molecule has 1 aliphatic rings. The standard InChI is InChI=1S/C19H25BrN6.HI/c1-3-21-18(24-14-16-5-6-17(20)13-15(16)2)25-9-11-26(12-10-25)19-22-7-4-8-23-19;/h4-8,13H,3,9-12,14H2,1-2H3,(H,21,24);1H. The average Bonchev–Trinajstić information content (AvgIpc) is 2.67. The van der Waals surface area contributed by atoms with Crippen LogP contribution in [-0.2, 0) is 6.54 Å². The number of anilines is 1. The van der Waals surface area contributed by atoms with Crippen LogP contribution in [0, 0.1) is 6.92 Å². The molecule has 1 saturated heterocycles. The first-order chi connectivity index (χ1) is 12.7. The number of aromatic nitrogens is 2. The van der Waals surface area contributed by atoms with Gasteiger partial charge in [0.2, 0.25) is 5.95 Å². The van der Waals surface area contributed by atoms with Crippen LogP contribution in [-0.4, -0.2) is 53.6 Å². The van der Waals surface area contributed by atoms with Gasteiger partial charge in [0.15, 0.2) is 5.96 Å². The summed E-state index contributed by atoms with van der Waals surface area (Å²) in [6, 6.07) is 8.19. The molecule has 1 aromatic heterocycles. The molecule has 6 nitrogen and oxygen atoms in total. The highest BCUT2D eigenvalue weighted by Gasteiger charge is 2.21. The second-order valence-electron chi connectivity index (χ2n) is 6.26. The van der Waals surface area contributed by atoms with Crippen LogP contribution in [0.15, 0.2) is 46.1 Å². The molecule has 0 bridgehead atoms. The van der Waals surface area contributed by atoms with Crippen molar-refractivity contribution in [3.63, 3.8) is 0 Å². The van der Waals surface area contributed by atoms with Gasteiger partial charge in [0.25, 0.3) is 0 Å². The minimum absolute atomic E-state index is 0. The van der Waals surface area contributed by atoms with Gasteiger partial charge in [-0.05, 0) is 43.2 Å². The van der Waals surface area contributed by atoms with E-state index < -0.39 is 0 Å². The van der Waals surface area contributed by atoms with E-state index in [0.717, 1.165) is 49.1 Å². The van der Waals surface area contributed by atoms with E-state index in [9.17, 15) is 0 Å². The predicted octanol–water partition coefficient (Wildman–Crippen LogP) is 3.45. The third-order valence-electron chi connectivity index (χ3n) is 4.45. The third kappa shape index (κ3) is 6.03. The number of guanidine groups is 1. The average molecular weight is 545 g/mol. The Labute approximate surface area is 186 Å². The zero-order chi connectivity index (χ0) is 18.4. The summed E-state index contributed by atoms with van der Waals surface area (Å²) in [5.41, 5.74) is 2.50. The van der Waals surface area contributed by atoms with Crippen LogP contribution in [0.3, 0.4) is 0 Å². The van der Waals surface area contributed by atoms with Crippen molar-refractivity contribution >= 4 is 51.8 Å². The fourth-order valence-electron chi connectivity index (χ4n) is 3.00. The molecule has 8 heteroatoms. The largest absolute Gasteiger partial charge is 0.357 e. The van der Waals surface area contributed by atoms with Crippen molar-refractivity contribution in [2.45, 2.75) is 20.4 Å². The topological polar surface area (TPSA) is 56.7 Å². The van der Waals surface area contributed by atoms with Crippen molar-refractivity contribution in [1.29, 1.82) is 0 Å². The van der Waals surface area contributed by atoms with Gasteiger partial charge < -0.3 is 15.1 Å². The Morgan fingerprint density at radius 2 is 1.89 bits per heavy atom. The number of rotatable bonds is 4. The number of nitrogens with zero attached hydrogens (tertiary/aromatic N) is 5. The minimum atomic E-state index is 0. The fraction of sp³-hybridized carbons (Fsp3) is 0.421. The molecular weight excluding hydrogens is 519 g/mol. The molecule has 0 aliphatic carbocycles. The maximum Gasteiger partial charge on any atom is 0.225 e. The molecule has 0 radical (unpaired) electrons.